The molecule has 0 radical (unpaired) electrons. The molecule has 7 heteroatoms. The first-order valence-electron chi connectivity index (χ1n) is 5.91. The predicted octanol–water partition coefficient (Wildman–Crippen LogP) is 0.306. The first-order chi connectivity index (χ1) is 8.79. The van der Waals surface area contributed by atoms with Crippen LogP contribution in [0.25, 0.3) is 0 Å². The Labute approximate surface area is 106 Å². The van der Waals surface area contributed by atoms with Crippen LogP contribution in [0.1, 0.15) is 12.8 Å². The van der Waals surface area contributed by atoms with Gasteiger partial charge in [-0.2, -0.15) is 0 Å². The monoisotopic (exact) mass is 251 g/mol. The van der Waals surface area contributed by atoms with Gasteiger partial charge < -0.3 is 10.2 Å². The summed E-state index contributed by atoms with van der Waals surface area (Å²) in [5.74, 6) is 0.705. The van der Waals surface area contributed by atoms with Crippen LogP contribution in [0.4, 0.5) is 10.7 Å². The van der Waals surface area contributed by atoms with Gasteiger partial charge in [0, 0.05) is 31.5 Å². The first kappa shape index (κ1) is 12.6. The second-order valence-electron chi connectivity index (χ2n) is 4.11. The molecular weight excluding hydrogens is 234 g/mol. The fraction of sp³-hybridized carbons (Fsp3) is 0.545. The van der Waals surface area contributed by atoms with Crippen LogP contribution < -0.4 is 15.7 Å². The third kappa shape index (κ3) is 3.30. The van der Waals surface area contributed by atoms with Crippen molar-refractivity contribution in [2.24, 2.45) is 0 Å². The van der Waals surface area contributed by atoms with Crippen LogP contribution in [0.5, 0.6) is 0 Å². The van der Waals surface area contributed by atoms with E-state index >= 15 is 0 Å². The molecule has 0 bridgehead atoms. The van der Waals surface area contributed by atoms with Crippen LogP contribution in [0.2, 0.25) is 0 Å². The van der Waals surface area contributed by atoms with E-state index in [9.17, 15) is 4.79 Å². The Kier molecular flexibility index (Phi) is 4.30. The average Bonchev–Trinajstić information content (AvgIpc) is 2.40. The summed E-state index contributed by atoms with van der Waals surface area (Å²) in [7, 11) is 1.41. The van der Waals surface area contributed by atoms with Gasteiger partial charge in [0.25, 0.3) is 0 Å². The molecule has 2 rings (SSSR count). The minimum Gasteiger partial charge on any atom is -0.339 e. The second kappa shape index (κ2) is 6.15. The Bertz CT molecular complexity index is 386. The van der Waals surface area contributed by atoms with Gasteiger partial charge in [0.2, 0.25) is 5.95 Å². The van der Waals surface area contributed by atoms with Gasteiger partial charge in [0.05, 0.1) is 7.11 Å². The van der Waals surface area contributed by atoms with E-state index in [0.29, 0.717) is 12.5 Å². The molecule has 0 saturated carbocycles. The van der Waals surface area contributed by atoms with E-state index in [2.05, 4.69) is 30.5 Å². The number of aromatic nitrogens is 2. The van der Waals surface area contributed by atoms with E-state index in [1.165, 1.54) is 7.11 Å². The molecule has 1 aromatic heterocycles. The number of carbonyl (C=O) groups excluding carboxylic acids is 1. The van der Waals surface area contributed by atoms with Gasteiger partial charge in [0.1, 0.15) is 0 Å². The number of urea groups is 1. The molecule has 0 spiro atoms. The topological polar surface area (TPSA) is 79.4 Å². The predicted molar refractivity (Wildman–Crippen MR) is 65.9 cm³/mol. The van der Waals surface area contributed by atoms with Gasteiger partial charge in [-0.3, -0.25) is 4.84 Å². The lowest BCUT2D eigenvalue weighted by Gasteiger charge is -2.32. The molecule has 98 valence electrons. The summed E-state index contributed by atoms with van der Waals surface area (Å²) >= 11 is 0. The Morgan fingerprint density at radius 1 is 1.50 bits per heavy atom. The third-order valence-corrected chi connectivity index (χ3v) is 2.79. The van der Waals surface area contributed by atoms with E-state index < -0.39 is 0 Å². The minimum absolute atomic E-state index is 0.0812. The fourth-order valence-electron chi connectivity index (χ4n) is 2.04. The third-order valence-electron chi connectivity index (χ3n) is 2.79. The zero-order valence-electron chi connectivity index (χ0n) is 10.3. The Morgan fingerprint density at radius 3 is 3.00 bits per heavy atom. The number of rotatable bonds is 3. The molecule has 18 heavy (non-hydrogen) atoms. The van der Waals surface area contributed by atoms with Crippen molar-refractivity contribution in [2.75, 3.05) is 25.1 Å². The van der Waals surface area contributed by atoms with Crippen molar-refractivity contribution in [1.82, 2.24) is 20.8 Å². The van der Waals surface area contributed by atoms with Crippen molar-refractivity contribution < 1.29 is 9.63 Å². The van der Waals surface area contributed by atoms with Crippen molar-refractivity contribution in [3.63, 3.8) is 0 Å². The molecular formula is C11H17N5O2. The summed E-state index contributed by atoms with van der Waals surface area (Å²) in [5.41, 5.74) is 2.25. The van der Waals surface area contributed by atoms with E-state index in [0.717, 1.165) is 19.4 Å². The van der Waals surface area contributed by atoms with Crippen LogP contribution in [-0.4, -0.2) is 42.2 Å². The molecule has 0 aromatic carbocycles. The molecule has 2 heterocycles. The first-order valence-corrected chi connectivity index (χ1v) is 5.91. The lowest BCUT2D eigenvalue weighted by atomic mass is 10.1. The van der Waals surface area contributed by atoms with E-state index in [1.54, 1.807) is 18.5 Å². The van der Waals surface area contributed by atoms with Gasteiger partial charge in [-0.25, -0.2) is 20.2 Å². The van der Waals surface area contributed by atoms with Gasteiger partial charge >= 0.3 is 6.03 Å². The van der Waals surface area contributed by atoms with Gasteiger partial charge in [-0.1, -0.05) is 0 Å². The summed E-state index contributed by atoms with van der Waals surface area (Å²) in [6.07, 6.45) is 5.38. The number of nitrogens with one attached hydrogen (secondary N) is 2. The largest absolute Gasteiger partial charge is 0.339 e. The van der Waals surface area contributed by atoms with Gasteiger partial charge in [-0.15, -0.1) is 0 Å². The standard InChI is InChI=1S/C11H17N5O2/c1-18-15-11(17)14-9-4-2-7-16(8-9)10-12-5-3-6-13-10/h3,5-6,9H,2,4,7-8H2,1H3,(H2,14,15,17)/t9-/m1/s1. The molecule has 0 unspecified atom stereocenters. The van der Waals surface area contributed by atoms with Crippen molar-refractivity contribution in [3.8, 4) is 0 Å². The Morgan fingerprint density at radius 2 is 2.28 bits per heavy atom. The van der Waals surface area contributed by atoms with Crippen molar-refractivity contribution in [2.45, 2.75) is 18.9 Å². The molecule has 1 aliphatic heterocycles. The summed E-state index contributed by atoms with van der Waals surface area (Å²) in [5, 5.41) is 2.85. The van der Waals surface area contributed by atoms with Gasteiger partial charge in [-0.05, 0) is 18.9 Å². The van der Waals surface area contributed by atoms with E-state index in [-0.39, 0.29) is 12.1 Å². The van der Waals surface area contributed by atoms with Crippen LogP contribution in [-0.2, 0) is 4.84 Å². The number of hydrogen-bond donors (Lipinski definition) is 2. The number of hydrogen-bond acceptors (Lipinski definition) is 5. The number of carbonyl (C=O) groups is 1. The highest BCUT2D eigenvalue weighted by molar-refractivity contribution is 5.73. The summed E-state index contributed by atoms with van der Waals surface area (Å²) in [6, 6.07) is 1.55. The lowest BCUT2D eigenvalue weighted by molar-refractivity contribution is 0.105. The van der Waals surface area contributed by atoms with Crippen LogP contribution in [0.15, 0.2) is 18.5 Å². The number of nitrogens with zero attached hydrogens (tertiary/aromatic N) is 3. The van der Waals surface area contributed by atoms with E-state index in [4.69, 9.17) is 0 Å². The van der Waals surface area contributed by atoms with Crippen molar-refractivity contribution in [3.05, 3.63) is 18.5 Å². The molecule has 1 saturated heterocycles. The number of hydroxylamine groups is 1. The SMILES string of the molecule is CONC(=O)N[C@@H]1CCCN(c2ncccn2)C1. The molecule has 1 aromatic rings. The normalized spacial score (nSPS) is 19.4. The number of amides is 2. The molecule has 7 nitrogen and oxygen atoms in total. The molecule has 1 fully saturated rings. The Balaban J connectivity index is 1.91. The Hall–Kier alpha value is -1.89. The summed E-state index contributed by atoms with van der Waals surface area (Å²) in [4.78, 5) is 26.4. The smallest absolute Gasteiger partial charge is 0.338 e. The molecule has 1 aliphatic rings. The van der Waals surface area contributed by atoms with E-state index in [1.807, 2.05) is 0 Å². The van der Waals surface area contributed by atoms with Crippen LogP contribution in [0, 0.1) is 0 Å². The van der Waals surface area contributed by atoms with Crippen molar-refractivity contribution >= 4 is 12.0 Å². The zero-order valence-corrected chi connectivity index (χ0v) is 10.3. The maximum absolute atomic E-state index is 11.4. The fourth-order valence-corrected chi connectivity index (χ4v) is 2.04. The quantitative estimate of drug-likeness (QED) is 0.756. The van der Waals surface area contributed by atoms with Crippen LogP contribution >= 0.6 is 0 Å². The average molecular weight is 251 g/mol. The van der Waals surface area contributed by atoms with Gasteiger partial charge in [0.15, 0.2) is 0 Å². The molecule has 2 N–H and O–H groups in total. The highest BCUT2D eigenvalue weighted by Crippen LogP contribution is 2.14. The maximum atomic E-state index is 11.4. The molecule has 1 atom stereocenters. The summed E-state index contributed by atoms with van der Waals surface area (Å²) in [6.45, 7) is 1.62. The number of anilines is 1. The highest BCUT2D eigenvalue weighted by atomic mass is 16.6. The van der Waals surface area contributed by atoms with Crippen molar-refractivity contribution in [1.29, 1.82) is 0 Å². The molecule has 2 amide bonds. The van der Waals surface area contributed by atoms with Crippen LogP contribution in [0.3, 0.4) is 0 Å². The number of piperidine rings is 1. The minimum atomic E-state index is -0.321. The highest BCUT2D eigenvalue weighted by Gasteiger charge is 2.22. The maximum Gasteiger partial charge on any atom is 0.338 e. The zero-order chi connectivity index (χ0) is 12.8. The lowest BCUT2D eigenvalue weighted by Crippen LogP contribution is -2.50. The summed E-state index contributed by atoms with van der Waals surface area (Å²) < 4.78 is 0. The molecule has 0 aliphatic carbocycles. The second-order valence-corrected chi connectivity index (χ2v) is 4.11.